The molecule has 22 heavy (non-hydrogen) atoms. The first-order valence-electron chi connectivity index (χ1n) is 8.39. The lowest BCUT2D eigenvalue weighted by Gasteiger charge is -2.17. The van der Waals surface area contributed by atoms with E-state index in [0.29, 0.717) is 19.8 Å². The molecule has 0 bridgehead atoms. The number of nitrogens with one attached hydrogen (secondary N) is 1. The van der Waals surface area contributed by atoms with E-state index >= 15 is 0 Å². The normalized spacial score (nSPS) is 22.3. The molecule has 1 aromatic rings. The molecule has 1 N–H and O–H groups in total. The molecule has 1 aromatic heterocycles. The van der Waals surface area contributed by atoms with Crippen LogP contribution in [0.5, 0.6) is 0 Å². The zero-order chi connectivity index (χ0) is 15.4. The van der Waals surface area contributed by atoms with E-state index < -0.39 is 0 Å². The van der Waals surface area contributed by atoms with Crippen LogP contribution >= 0.6 is 0 Å². The van der Waals surface area contributed by atoms with Crippen LogP contribution in [-0.2, 0) is 29.2 Å². The molecule has 3 heterocycles. The van der Waals surface area contributed by atoms with E-state index in [0.717, 1.165) is 44.7 Å². The predicted molar refractivity (Wildman–Crippen MR) is 83.2 cm³/mol. The van der Waals surface area contributed by atoms with E-state index in [2.05, 4.69) is 33.0 Å². The Kier molecular flexibility index (Phi) is 5.10. The van der Waals surface area contributed by atoms with Crippen molar-refractivity contribution in [1.82, 2.24) is 20.0 Å². The number of nitrogens with zero attached hydrogens (tertiary/aromatic N) is 3. The topological polar surface area (TPSA) is 59.4 Å². The molecular formula is C16H26N4O2. The highest BCUT2D eigenvalue weighted by Crippen LogP contribution is 2.15. The van der Waals surface area contributed by atoms with Gasteiger partial charge in [0, 0.05) is 26.2 Å². The molecule has 2 aliphatic heterocycles. The van der Waals surface area contributed by atoms with Gasteiger partial charge in [0.2, 0.25) is 5.91 Å². The van der Waals surface area contributed by atoms with E-state index in [4.69, 9.17) is 4.74 Å². The average Bonchev–Trinajstić information content (AvgIpc) is 3.12. The van der Waals surface area contributed by atoms with Crippen LogP contribution in [-0.4, -0.2) is 46.9 Å². The predicted octanol–water partition coefficient (Wildman–Crippen LogP) is 1.15. The summed E-state index contributed by atoms with van der Waals surface area (Å²) in [6.45, 7) is 8.20. The molecule has 1 fully saturated rings. The number of ether oxygens (including phenoxy) is 1. The van der Waals surface area contributed by atoms with Crippen molar-refractivity contribution in [3.8, 4) is 0 Å². The van der Waals surface area contributed by atoms with Crippen LogP contribution < -0.4 is 5.32 Å². The van der Waals surface area contributed by atoms with Crippen molar-refractivity contribution >= 4 is 5.91 Å². The minimum absolute atomic E-state index is 0.0143. The number of hydrogen-bond donors (Lipinski definition) is 1. The second kappa shape index (κ2) is 7.24. The summed E-state index contributed by atoms with van der Waals surface area (Å²) in [5.74, 6) is 0.105. The highest BCUT2D eigenvalue weighted by Gasteiger charge is 2.23. The summed E-state index contributed by atoms with van der Waals surface area (Å²) in [4.78, 5) is 14.5. The lowest BCUT2D eigenvalue weighted by atomic mass is 10.1. The molecule has 1 saturated heterocycles. The Morgan fingerprint density at radius 2 is 2.41 bits per heavy atom. The van der Waals surface area contributed by atoms with Gasteiger partial charge in [-0.25, -0.2) is 0 Å². The first-order valence-corrected chi connectivity index (χ1v) is 8.39. The summed E-state index contributed by atoms with van der Waals surface area (Å²) in [7, 11) is 0. The van der Waals surface area contributed by atoms with Gasteiger partial charge in [0.25, 0.3) is 0 Å². The molecular weight excluding hydrogens is 280 g/mol. The van der Waals surface area contributed by atoms with Gasteiger partial charge < -0.3 is 10.1 Å². The van der Waals surface area contributed by atoms with Gasteiger partial charge in [-0.15, -0.1) is 0 Å². The third-order valence-electron chi connectivity index (χ3n) is 4.43. The van der Waals surface area contributed by atoms with Crippen LogP contribution in [0.1, 0.15) is 37.6 Å². The standard InChI is InChI=1S/C16H26N4O2/c1-2-5-19-6-3-7-20-15(11-19)9-14(18-20)10-17-16(21)13-4-8-22-12-13/h9,13H,2-8,10-12H2,1H3,(H,17,21)/t13-/m0/s1. The molecule has 122 valence electrons. The number of amides is 1. The molecule has 0 aromatic carbocycles. The zero-order valence-corrected chi connectivity index (χ0v) is 13.4. The fourth-order valence-electron chi connectivity index (χ4n) is 3.24. The third-order valence-corrected chi connectivity index (χ3v) is 4.43. The summed E-state index contributed by atoms with van der Waals surface area (Å²) in [5, 5.41) is 7.64. The van der Waals surface area contributed by atoms with Crippen molar-refractivity contribution < 1.29 is 9.53 Å². The van der Waals surface area contributed by atoms with Gasteiger partial charge >= 0.3 is 0 Å². The molecule has 2 aliphatic rings. The van der Waals surface area contributed by atoms with E-state index in [1.54, 1.807) is 0 Å². The van der Waals surface area contributed by atoms with Gasteiger partial charge in [-0.05, 0) is 31.9 Å². The monoisotopic (exact) mass is 306 g/mol. The number of carbonyl (C=O) groups excluding carboxylic acids is 1. The Morgan fingerprint density at radius 3 is 3.18 bits per heavy atom. The number of carbonyl (C=O) groups is 1. The van der Waals surface area contributed by atoms with Crippen molar-refractivity contribution in [3.63, 3.8) is 0 Å². The van der Waals surface area contributed by atoms with Gasteiger partial charge in [-0.1, -0.05) is 6.92 Å². The average molecular weight is 306 g/mol. The molecule has 3 rings (SSSR count). The molecule has 1 amide bonds. The molecule has 1 atom stereocenters. The molecule has 0 radical (unpaired) electrons. The summed E-state index contributed by atoms with van der Waals surface area (Å²) in [6.07, 6.45) is 3.15. The summed E-state index contributed by atoms with van der Waals surface area (Å²) < 4.78 is 7.37. The van der Waals surface area contributed by atoms with Crippen LogP contribution in [0.2, 0.25) is 0 Å². The number of aryl methyl sites for hydroxylation is 1. The van der Waals surface area contributed by atoms with Crippen LogP contribution in [0, 0.1) is 5.92 Å². The van der Waals surface area contributed by atoms with Gasteiger partial charge in [0.1, 0.15) is 0 Å². The van der Waals surface area contributed by atoms with E-state index in [9.17, 15) is 4.79 Å². The quantitative estimate of drug-likeness (QED) is 0.886. The lowest BCUT2D eigenvalue weighted by molar-refractivity contribution is -0.125. The highest BCUT2D eigenvalue weighted by atomic mass is 16.5. The second-order valence-corrected chi connectivity index (χ2v) is 6.26. The maximum Gasteiger partial charge on any atom is 0.225 e. The fraction of sp³-hybridized carbons (Fsp3) is 0.750. The van der Waals surface area contributed by atoms with Crippen LogP contribution in [0.25, 0.3) is 0 Å². The number of fused-ring (bicyclic) bond motifs is 1. The lowest BCUT2D eigenvalue weighted by Crippen LogP contribution is -2.30. The van der Waals surface area contributed by atoms with Crippen molar-refractivity contribution in [2.75, 3.05) is 26.3 Å². The smallest absolute Gasteiger partial charge is 0.225 e. The van der Waals surface area contributed by atoms with Crippen molar-refractivity contribution in [2.45, 2.75) is 45.8 Å². The fourth-order valence-corrected chi connectivity index (χ4v) is 3.24. The van der Waals surface area contributed by atoms with Crippen molar-refractivity contribution in [3.05, 3.63) is 17.5 Å². The Balaban J connectivity index is 1.57. The van der Waals surface area contributed by atoms with E-state index in [1.165, 1.54) is 12.1 Å². The first kappa shape index (κ1) is 15.5. The Hall–Kier alpha value is -1.40. The molecule has 6 nitrogen and oxygen atoms in total. The van der Waals surface area contributed by atoms with Crippen LogP contribution in [0.15, 0.2) is 6.07 Å². The molecule has 0 unspecified atom stereocenters. The molecule has 6 heteroatoms. The van der Waals surface area contributed by atoms with Gasteiger partial charge in [-0.3, -0.25) is 14.4 Å². The summed E-state index contributed by atoms with van der Waals surface area (Å²) in [5.41, 5.74) is 2.22. The maximum atomic E-state index is 12.0. The Labute approximate surface area is 131 Å². The number of hydrogen-bond acceptors (Lipinski definition) is 4. The summed E-state index contributed by atoms with van der Waals surface area (Å²) in [6, 6.07) is 2.14. The molecule has 0 aliphatic carbocycles. The van der Waals surface area contributed by atoms with Gasteiger partial charge in [0.15, 0.2) is 0 Å². The van der Waals surface area contributed by atoms with Crippen molar-refractivity contribution in [1.29, 1.82) is 0 Å². The van der Waals surface area contributed by atoms with Gasteiger partial charge in [0.05, 0.1) is 30.5 Å². The minimum atomic E-state index is 0.0143. The van der Waals surface area contributed by atoms with E-state index in [-0.39, 0.29) is 11.8 Å². The number of aromatic nitrogens is 2. The van der Waals surface area contributed by atoms with Crippen LogP contribution in [0.4, 0.5) is 0 Å². The van der Waals surface area contributed by atoms with Gasteiger partial charge in [-0.2, -0.15) is 5.10 Å². The summed E-state index contributed by atoms with van der Waals surface area (Å²) >= 11 is 0. The number of rotatable bonds is 5. The molecule has 0 saturated carbocycles. The van der Waals surface area contributed by atoms with Crippen molar-refractivity contribution in [2.24, 2.45) is 5.92 Å². The maximum absolute atomic E-state index is 12.0. The third kappa shape index (κ3) is 3.67. The van der Waals surface area contributed by atoms with Crippen LogP contribution in [0.3, 0.4) is 0 Å². The first-order chi connectivity index (χ1) is 10.8. The highest BCUT2D eigenvalue weighted by molar-refractivity contribution is 5.78. The SMILES string of the molecule is CCCN1CCCn2nc(CNC(=O)[C@H]3CCOC3)cc2C1. The molecule has 0 spiro atoms. The largest absolute Gasteiger partial charge is 0.381 e. The zero-order valence-electron chi connectivity index (χ0n) is 13.4. The minimum Gasteiger partial charge on any atom is -0.381 e. The Bertz CT molecular complexity index is 508. The second-order valence-electron chi connectivity index (χ2n) is 6.26. The van der Waals surface area contributed by atoms with E-state index in [1.807, 2.05) is 0 Å². The Morgan fingerprint density at radius 1 is 1.50 bits per heavy atom.